The lowest BCUT2D eigenvalue weighted by molar-refractivity contribution is 0.212. The first kappa shape index (κ1) is 15.7. The SMILES string of the molecule is CCCCNP(=O)(OCCCl)OCCCl. The van der Waals surface area contributed by atoms with Gasteiger partial charge in [0, 0.05) is 18.3 Å². The molecular weight excluding hydrogens is 260 g/mol. The first-order chi connectivity index (χ1) is 7.18. The number of nitrogens with one attached hydrogen (secondary N) is 1. The molecular formula is C8H18Cl2NO3P. The largest absolute Gasteiger partial charge is 0.405 e. The lowest BCUT2D eigenvalue weighted by Crippen LogP contribution is -2.17. The molecule has 0 spiro atoms. The normalized spacial score (nSPS) is 11.9. The van der Waals surface area contributed by atoms with Crippen molar-refractivity contribution in [3.05, 3.63) is 0 Å². The highest BCUT2D eigenvalue weighted by Crippen LogP contribution is 2.43. The molecule has 15 heavy (non-hydrogen) atoms. The van der Waals surface area contributed by atoms with Gasteiger partial charge in [0.15, 0.2) is 0 Å². The van der Waals surface area contributed by atoms with Gasteiger partial charge in [0.25, 0.3) is 0 Å². The fraction of sp³-hybridized carbons (Fsp3) is 1.00. The first-order valence-electron chi connectivity index (χ1n) is 4.94. The van der Waals surface area contributed by atoms with E-state index in [0.29, 0.717) is 6.54 Å². The fourth-order valence-corrected chi connectivity index (χ4v) is 2.55. The Morgan fingerprint density at radius 2 is 1.73 bits per heavy atom. The number of hydrogen-bond donors (Lipinski definition) is 1. The molecule has 0 unspecified atom stereocenters. The van der Waals surface area contributed by atoms with E-state index in [-0.39, 0.29) is 25.0 Å². The van der Waals surface area contributed by atoms with E-state index < -0.39 is 7.75 Å². The van der Waals surface area contributed by atoms with Crippen LogP contribution < -0.4 is 5.09 Å². The summed E-state index contributed by atoms with van der Waals surface area (Å²) < 4.78 is 22.1. The average Bonchev–Trinajstić information content (AvgIpc) is 2.24. The second-order valence-corrected chi connectivity index (χ2v) is 5.39. The molecule has 0 aliphatic carbocycles. The summed E-state index contributed by atoms with van der Waals surface area (Å²) in [5.74, 6) is 0.563. The van der Waals surface area contributed by atoms with Crippen LogP contribution in [0.1, 0.15) is 19.8 Å². The highest BCUT2D eigenvalue weighted by Gasteiger charge is 2.23. The summed E-state index contributed by atoms with van der Waals surface area (Å²) in [6.07, 6.45) is 1.93. The predicted molar refractivity (Wildman–Crippen MR) is 63.9 cm³/mol. The summed E-state index contributed by atoms with van der Waals surface area (Å²) in [4.78, 5) is 0. The molecule has 0 saturated heterocycles. The first-order valence-corrected chi connectivity index (χ1v) is 7.56. The Morgan fingerprint density at radius 3 is 2.13 bits per heavy atom. The second kappa shape index (κ2) is 9.88. The topological polar surface area (TPSA) is 47.6 Å². The van der Waals surface area contributed by atoms with Crippen LogP contribution in [0.2, 0.25) is 0 Å². The minimum Gasteiger partial charge on any atom is -0.296 e. The molecule has 0 saturated carbocycles. The Kier molecular flexibility index (Phi) is 10.3. The van der Waals surface area contributed by atoms with Crippen molar-refractivity contribution in [2.75, 3.05) is 31.5 Å². The van der Waals surface area contributed by atoms with E-state index in [4.69, 9.17) is 32.2 Å². The van der Waals surface area contributed by atoms with Gasteiger partial charge in [-0.1, -0.05) is 13.3 Å². The van der Waals surface area contributed by atoms with Crippen molar-refractivity contribution in [1.82, 2.24) is 5.09 Å². The lowest BCUT2D eigenvalue weighted by Gasteiger charge is -2.18. The molecule has 92 valence electrons. The zero-order valence-electron chi connectivity index (χ0n) is 8.88. The van der Waals surface area contributed by atoms with Crippen molar-refractivity contribution >= 4 is 30.9 Å². The molecule has 0 fully saturated rings. The van der Waals surface area contributed by atoms with E-state index in [1.165, 1.54) is 0 Å². The van der Waals surface area contributed by atoms with Crippen molar-refractivity contribution in [3.63, 3.8) is 0 Å². The molecule has 7 heteroatoms. The van der Waals surface area contributed by atoms with E-state index in [1.54, 1.807) is 0 Å². The summed E-state index contributed by atoms with van der Waals surface area (Å²) in [5.41, 5.74) is 0. The quantitative estimate of drug-likeness (QED) is 0.379. The molecule has 0 radical (unpaired) electrons. The summed E-state index contributed by atoms with van der Waals surface area (Å²) in [6, 6.07) is 0. The van der Waals surface area contributed by atoms with Crippen LogP contribution in [-0.2, 0) is 13.6 Å². The molecule has 0 rings (SSSR count). The van der Waals surface area contributed by atoms with Gasteiger partial charge in [0.1, 0.15) is 0 Å². The fourth-order valence-electron chi connectivity index (χ4n) is 0.831. The van der Waals surface area contributed by atoms with Crippen LogP contribution in [0.4, 0.5) is 0 Å². The zero-order chi connectivity index (χ0) is 11.6. The van der Waals surface area contributed by atoms with Gasteiger partial charge < -0.3 is 0 Å². The molecule has 0 heterocycles. The number of hydrogen-bond acceptors (Lipinski definition) is 3. The highest BCUT2D eigenvalue weighted by molar-refractivity contribution is 7.51. The van der Waals surface area contributed by atoms with Crippen molar-refractivity contribution in [1.29, 1.82) is 0 Å². The summed E-state index contributed by atoms with van der Waals surface area (Å²) >= 11 is 10.9. The maximum absolute atomic E-state index is 11.9. The minimum absolute atomic E-state index is 0.195. The van der Waals surface area contributed by atoms with Crippen LogP contribution in [0.3, 0.4) is 0 Å². The second-order valence-electron chi connectivity index (χ2n) is 2.80. The van der Waals surface area contributed by atoms with Crippen LogP contribution in [0.25, 0.3) is 0 Å². The Morgan fingerprint density at radius 1 is 1.20 bits per heavy atom. The van der Waals surface area contributed by atoms with E-state index in [2.05, 4.69) is 5.09 Å². The number of alkyl halides is 2. The van der Waals surface area contributed by atoms with Crippen LogP contribution in [0, 0.1) is 0 Å². The standard InChI is InChI=1S/C8H18Cl2NO3P/c1-2-3-6-11-15(12,13-7-4-9)14-8-5-10/h2-8H2,1H3,(H,11,12). The molecule has 0 aromatic rings. The third kappa shape index (κ3) is 8.49. The molecule has 0 aliphatic heterocycles. The molecule has 4 nitrogen and oxygen atoms in total. The summed E-state index contributed by atoms with van der Waals surface area (Å²) in [6.45, 7) is 3.03. The number of rotatable bonds is 10. The maximum Gasteiger partial charge on any atom is 0.405 e. The number of halogens is 2. The smallest absolute Gasteiger partial charge is 0.296 e. The Labute approximate surface area is 101 Å². The van der Waals surface area contributed by atoms with Crippen LogP contribution in [0.5, 0.6) is 0 Å². The van der Waals surface area contributed by atoms with Gasteiger partial charge >= 0.3 is 7.75 Å². The van der Waals surface area contributed by atoms with Crippen molar-refractivity contribution in [3.8, 4) is 0 Å². The third-order valence-corrected chi connectivity index (χ3v) is 3.48. The van der Waals surface area contributed by atoms with Crippen LogP contribution in [-0.4, -0.2) is 31.5 Å². The molecule has 0 atom stereocenters. The van der Waals surface area contributed by atoms with Gasteiger partial charge in [-0.15, -0.1) is 23.2 Å². The van der Waals surface area contributed by atoms with Gasteiger partial charge in [-0.2, -0.15) is 0 Å². The monoisotopic (exact) mass is 277 g/mol. The number of unbranched alkanes of at least 4 members (excludes halogenated alkanes) is 1. The molecule has 0 aromatic carbocycles. The van der Waals surface area contributed by atoms with Gasteiger partial charge in [-0.3, -0.25) is 9.05 Å². The molecule has 0 bridgehead atoms. The zero-order valence-corrected chi connectivity index (χ0v) is 11.3. The Balaban J connectivity index is 3.96. The molecule has 0 amide bonds. The average molecular weight is 278 g/mol. The predicted octanol–water partition coefficient (Wildman–Crippen LogP) is 3.00. The van der Waals surface area contributed by atoms with E-state index >= 15 is 0 Å². The highest BCUT2D eigenvalue weighted by atomic mass is 35.5. The lowest BCUT2D eigenvalue weighted by atomic mass is 10.3. The van der Waals surface area contributed by atoms with Crippen LogP contribution >= 0.6 is 30.9 Å². The minimum atomic E-state index is -3.20. The Bertz CT molecular complexity index is 183. The van der Waals surface area contributed by atoms with Crippen molar-refractivity contribution in [2.45, 2.75) is 19.8 Å². The molecule has 0 aliphatic rings. The summed E-state index contributed by atoms with van der Waals surface area (Å²) in [5, 5.41) is 2.76. The van der Waals surface area contributed by atoms with E-state index in [9.17, 15) is 4.57 Å². The van der Waals surface area contributed by atoms with Crippen LogP contribution in [0.15, 0.2) is 0 Å². The summed E-state index contributed by atoms with van der Waals surface area (Å²) in [7, 11) is -3.20. The van der Waals surface area contributed by atoms with E-state index in [1.807, 2.05) is 6.92 Å². The van der Waals surface area contributed by atoms with Crippen molar-refractivity contribution in [2.24, 2.45) is 0 Å². The van der Waals surface area contributed by atoms with E-state index in [0.717, 1.165) is 12.8 Å². The van der Waals surface area contributed by atoms with Gasteiger partial charge in [-0.25, -0.2) is 9.65 Å². The van der Waals surface area contributed by atoms with Gasteiger partial charge in [-0.05, 0) is 6.42 Å². The van der Waals surface area contributed by atoms with Gasteiger partial charge in [0.05, 0.1) is 13.2 Å². The Hall–Kier alpha value is 0.690. The van der Waals surface area contributed by atoms with Gasteiger partial charge in [0.2, 0.25) is 0 Å². The maximum atomic E-state index is 11.9. The molecule has 0 aromatic heterocycles. The third-order valence-electron chi connectivity index (χ3n) is 1.51. The molecule has 1 N–H and O–H groups in total. The van der Waals surface area contributed by atoms with Crippen molar-refractivity contribution < 1.29 is 13.6 Å².